The Kier molecular flexibility index (Phi) is 4.08. The third kappa shape index (κ3) is 3.44. The average molecular weight is 253 g/mol. The summed E-state index contributed by atoms with van der Waals surface area (Å²) in [6.45, 7) is 8.90. The molecule has 1 fully saturated rings. The first-order valence-corrected chi connectivity index (χ1v) is 6.71. The molecule has 2 nitrogen and oxygen atoms in total. The van der Waals surface area contributed by atoms with Crippen LogP contribution in [0.25, 0.3) is 0 Å². The fourth-order valence-electron chi connectivity index (χ4n) is 2.36. The Morgan fingerprint density at radius 3 is 2.71 bits per heavy atom. The van der Waals surface area contributed by atoms with Crippen molar-refractivity contribution in [3.63, 3.8) is 0 Å². The summed E-state index contributed by atoms with van der Waals surface area (Å²) in [5.74, 6) is 0. The van der Waals surface area contributed by atoms with Gasteiger partial charge in [-0.15, -0.1) is 0 Å². The van der Waals surface area contributed by atoms with Gasteiger partial charge < -0.3 is 5.32 Å². The van der Waals surface area contributed by atoms with Crippen molar-refractivity contribution in [2.75, 3.05) is 19.6 Å². The van der Waals surface area contributed by atoms with Gasteiger partial charge in [0, 0.05) is 36.7 Å². The number of piperazine rings is 1. The van der Waals surface area contributed by atoms with Crippen LogP contribution in [0.2, 0.25) is 5.02 Å². The molecule has 2 rings (SSSR count). The summed E-state index contributed by atoms with van der Waals surface area (Å²) in [6, 6.07) is 8.18. The number of hydrogen-bond acceptors (Lipinski definition) is 2. The fraction of sp³-hybridized carbons (Fsp3) is 0.571. The van der Waals surface area contributed by atoms with Gasteiger partial charge >= 0.3 is 0 Å². The zero-order valence-electron chi connectivity index (χ0n) is 10.7. The lowest BCUT2D eigenvalue weighted by atomic mass is 9.95. The number of nitrogens with one attached hydrogen (secondary N) is 1. The molecule has 1 aliphatic heterocycles. The largest absolute Gasteiger partial charge is 0.309 e. The van der Waals surface area contributed by atoms with Crippen molar-refractivity contribution >= 4 is 11.6 Å². The van der Waals surface area contributed by atoms with Crippen LogP contribution < -0.4 is 5.32 Å². The van der Waals surface area contributed by atoms with Gasteiger partial charge in [-0.1, -0.05) is 30.7 Å². The number of benzene rings is 1. The van der Waals surface area contributed by atoms with Crippen LogP contribution >= 0.6 is 11.6 Å². The van der Waals surface area contributed by atoms with Gasteiger partial charge in [0.25, 0.3) is 0 Å². The Morgan fingerprint density at radius 1 is 1.35 bits per heavy atom. The van der Waals surface area contributed by atoms with E-state index in [2.05, 4.69) is 36.2 Å². The first-order chi connectivity index (χ1) is 8.11. The molecule has 0 amide bonds. The summed E-state index contributed by atoms with van der Waals surface area (Å²) in [5, 5.41) is 4.42. The predicted molar refractivity (Wildman–Crippen MR) is 73.4 cm³/mol. The lowest BCUT2D eigenvalue weighted by molar-refractivity contribution is 0.133. The van der Waals surface area contributed by atoms with Gasteiger partial charge in [0.2, 0.25) is 0 Å². The molecule has 3 heteroatoms. The van der Waals surface area contributed by atoms with Crippen molar-refractivity contribution in [3.05, 3.63) is 34.9 Å². The van der Waals surface area contributed by atoms with Gasteiger partial charge in [0.05, 0.1) is 0 Å². The van der Waals surface area contributed by atoms with Gasteiger partial charge in [-0.3, -0.25) is 4.90 Å². The van der Waals surface area contributed by atoms with E-state index in [0.717, 1.165) is 31.2 Å². The SMILES string of the molecule is CCC1(C)CN(Cc2ccc(Cl)cc2)CCN1. The third-order valence-corrected chi connectivity index (χ3v) is 3.90. The van der Waals surface area contributed by atoms with Crippen LogP contribution in [-0.4, -0.2) is 30.1 Å². The molecule has 0 bridgehead atoms. The van der Waals surface area contributed by atoms with E-state index < -0.39 is 0 Å². The maximum absolute atomic E-state index is 5.90. The number of rotatable bonds is 3. The van der Waals surface area contributed by atoms with E-state index in [1.807, 2.05) is 12.1 Å². The Labute approximate surface area is 109 Å². The zero-order valence-corrected chi connectivity index (χ0v) is 11.4. The minimum atomic E-state index is 0.269. The minimum absolute atomic E-state index is 0.269. The Morgan fingerprint density at radius 2 is 2.06 bits per heavy atom. The maximum atomic E-state index is 5.90. The molecule has 0 saturated carbocycles. The molecule has 17 heavy (non-hydrogen) atoms. The lowest BCUT2D eigenvalue weighted by Gasteiger charge is -2.41. The van der Waals surface area contributed by atoms with Crippen molar-refractivity contribution in [2.45, 2.75) is 32.4 Å². The predicted octanol–water partition coefficient (Wildman–Crippen LogP) is 2.91. The van der Waals surface area contributed by atoms with Crippen molar-refractivity contribution in [1.29, 1.82) is 0 Å². The molecular formula is C14H21ClN2. The van der Waals surface area contributed by atoms with Crippen molar-refractivity contribution < 1.29 is 0 Å². The van der Waals surface area contributed by atoms with E-state index in [0.29, 0.717) is 0 Å². The highest BCUT2D eigenvalue weighted by Gasteiger charge is 2.28. The number of halogens is 1. The highest BCUT2D eigenvalue weighted by Crippen LogP contribution is 2.18. The first kappa shape index (κ1) is 12.9. The molecule has 1 N–H and O–H groups in total. The van der Waals surface area contributed by atoms with E-state index in [1.165, 1.54) is 12.0 Å². The van der Waals surface area contributed by atoms with Crippen LogP contribution in [0.5, 0.6) is 0 Å². The summed E-state index contributed by atoms with van der Waals surface area (Å²) in [5.41, 5.74) is 1.61. The number of nitrogens with zero attached hydrogens (tertiary/aromatic N) is 1. The summed E-state index contributed by atoms with van der Waals surface area (Å²) < 4.78 is 0. The average Bonchev–Trinajstić information content (AvgIpc) is 2.32. The van der Waals surface area contributed by atoms with Crippen LogP contribution in [-0.2, 0) is 6.54 Å². The van der Waals surface area contributed by atoms with E-state index in [9.17, 15) is 0 Å². The molecule has 1 atom stereocenters. The highest BCUT2D eigenvalue weighted by atomic mass is 35.5. The van der Waals surface area contributed by atoms with Gasteiger partial charge in [-0.2, -0.15) is 0 Å². The first-order valence-electron chi connectivity index (χ1n) is 6.33. The zero-order chi connectivity index (χ0) is 12.3. The molecular weight excluding hydrogens is 232 g/mol. The smallest absolute Gasteiger partial charge is 0.0406 e. The van der Waals surface area contributed by atoms with Gasteiger partial charge in [0.15, 0.2) is 0 Å². The molecule has 1 unspecified atom stereocenters. The Balaban J connectivity index is 1.97. The van der Waals surface area contributed by atoms with Crippen molar-refractivity contribution in [1.82, 2.24) is 10.2 Å². The van der Waals surface area contributed by atoms with E-state index in [1.54, 1.807) is 0 Å². The summed E-state index contributed by atoms with van der Waals surface area (Å²) in [7, 11) is 0. The second-order valence-corrected chi connectivity index (χ2v) is 5.61. The van der Waals surface area contributed by atoms with Gasteiger partial charge in [-0.25, -0.2) is 0 Å². The lowest BCUT2D eigenvalue weighted by Crippen LogP contribution is -2.58. The standard InChI is InChI=1S/C14H21ClN2/c1-3-14(2)11-17(9-8-16-14)10-12-4-6-13(15)7-5-12/h4-7,16H,3,8-11H2,1-2H3. The quantitative estimate of drug-likeness (QED) is 0.890. The molecule has 0 aromatic heterocycles. The van der Waals surface area contributed by atoms with E-state index in [4.69, 9.17) is 11.6 Å². The van der Waals surface area contributed by atoms with E-state index in [-0.39, 0.29) is 5.54 Å². The molecule has 1 heterocycles. The fourth-order valence-corrected chi connectivity index (χ4v) is 2.49. The second-order valence-electron chi connectivity index (χ2n) is 5.18. The van der Waals surface area contributed by atoms with Gasteiger partial charge in [-0.05, 0) is 31.0 Å². The molecule has 1 aliphatic rings. The molecule has 1 aromatic rings. The Bertz CT molecular complexity index is 363. The van der Waals surface area contributed by atoms with Crippen molar-refractivity contribution in [3.8, 4) is 0 Å². The third-order valence-electron chi connectivity index (χ3n) is 3.65. The summed E-state index contributed by atoms with van der Waals surface area (Å²) in [4.78, 5) is 2.52. The van der Waals surface area contributed by atoms with Crippen molar-refractivity contribution in [2.24, 2.45) is 0 Å². The maximum Gasteiger partial charge on any atom is 0.0406 e. The van der Waals surface area contributed by atoms with Crippen LogP contribution in [0.15, 0.2) is 24.3 Å². The summed E-state index contributed by atoms with van der Waals surface area (Å²) in [6.07, 6.45) is 1.17. The topological polar surface area (TPSA) is 15.3 Å². The molecule has 0 radical (unpaired) electrons. The summed E-state index contributed by atoms with van der Waals surface area (Å²) >= 11 is 5.90. The van der Waals surface area contributed by atoms with Crippen LogP contribution in [0.1, 0.15) is 25.8 Å². The second kappa shape index (κ2) is 5.38. The van der Waals surface area contributed by atoms with E-state index >= 15 is 0 Å². The van der Waals surface area contributed by atoms with Crippen LogP contribution in [0, 0.1) is 0 Å². The van der Waals surface area contributed by atoms with Gasteiger partial charge in [0.1, 0.15) is 0 Å². The monoisotopic (exact) mass is 252 g/mol. The minimum Gasteiger partial charge on any atom is -0.309 e. The normalized spacial score (nSPS) is 26.1. The van der Waals surface area contributed by atoms with Crippen LogP contribution in [0.4, 0.5) is 0 Å². The van der Waals surface area contributed by atoms with Crippen LogP contribution in [0.3, 0.4) is 0 Å². The number of hydrogen-bond donors (Lipinski definition) is 1. The molecule has 0 aliphatic carbocycles. The molecule has 0 spiro atoms. The molecule has 1 aromatic carbocycles. The molecule has 94 valence electrons. The Hall–Kier alpha value is -0.570. The highest BCUT2D eigenvalue weighted by molar-refractivity contribution is 6.30. The molecule has 1 saturated heterocycles.